The van der Waals surface area contributed by atoms with Crippen molar-refractivity contribution in [1.29, 1.82) is 0 Å². The molecule has 128 valence electrons. The number of amides is 1. The molecular formula is C17H28N4O2. The summed E-state index contributed by atoms with van der Waals surface area (Å²) in [5.41, 5.74) is 0.602. The van der Waals surface area contributed by atoms with E-state index < -0.39 is 5.60 Å². The molecule has 1 aromatic heterocycles. The molecule has 2 heterocycles. The lowest BCUT2D eigenvalue weighted by Crippen LogP contribution is -2.58. The zero-order chi connectivity index (χ0) is 17.3. The summed E-state index contributed by atoms with van der Waals surface area (Å²) in [6, 6.07) is 2.20. The summed E-state index contributed by atoms with van der Waals surface area (Å²) in [5.74, 6) is 0.811. The molecule has 0 aromatic carbocycles. The van der Waals surface area contributed by atoms with Crippen LogP contribution in [0.25, 0.3) is 0 Å². The first-order valence-corrected chi connectivity index (χ1v) is 8.18. The van der Waals surface area contributed by atoms with Gasteiger partial charge in [-0.1, -0.05) is 20.8 Å². The predicted molar refractivity (Wildman–Crippen MR) is 90.6 cm³/mol. The number of ether oxygens (including phenoxy) is 1. The van der Waals surface area contributed by atoms with E-state index in [2.05, 4.69) is 36.1 Å². The van der Waals surface area contributed by atoms with Crippen LogP contribution in [0.3, 0.4) is 0 Å². The van der Waals surface area contributed by atoms with E-state index in [0.29, 0.717) is 13.1 Å². The molecule has 0 bridgehead atoms. The van der Waals surface area contributed by atoms with Crippen molar-refractivity contribution in [3.63, 3.8) is 0 Å². The zero-order valence-electron chi connectivity index (χ0n) is 15.0. The van der Waals surface area contributed by atoms with Crippen LogP contribution in [-0.4, -0.2) is 45.7 Å². The van der Waals surface area contributed by atoms with Crippen molar-refractivity contribution >= 4 is 11.9 Å². The standard InChI is InChI=1S/C17H28N4O2/c1-7-17(5,6)13-8-14(19-11-18-13)20-12-9-21(10-12)15(22)23-16(2,3)4/h8,11-12H,7,9-10H2,1-6H3,(H,18,19,20). The summed E-state index contributed by atoms with van der Waals surface area (Å²) in [5, 5.41) is 3.36. The molecule has 1 aliphatic heterocycles. The van der Waals surface area contributed by atoms with Crippen LogP contribution < -0.4 is 5.32 Å². The lowest BCUT2D eigenvalue weighted by molar-refractivity contribution is 0.0104. The van der Waals surface area contributed by atoms with E-state index in [1.54, 1.807) is 11.2 Å². The van der Waals surface area contributed by atoms with Crippen molar-refractivity contribution in [2.75, 3.05) is 18.4 Å². The van der Waals surface area contributed by atoms with Gasteiger partial charge in [0.2, 0.25) is 0 Å². The molecule has 6 heteroatoms. The maximum atomic E-state index is 11.9. The van der Waals surface area contributed by atoms with Gasteiger partial charge in [0.05, 0.1) is 11.7 Å². The highest BCUT2D eigenvalue weighted by Gasteiger charge is 2.34. The molecular weight excluding hydrogens is 292 g/mol. The van der Waals surface area contributed by atoms with Crippen LogP contribution in [0.4, 0.5) is 10.6 Å². The number of hydrogen-bond acceptors (Lipinski definition) is 5. The minimum Gasteiger partial charge on any atom is -0.444 e. The highest BCUT2D eigenvalue weighted by molar-refractivity contribution is 5.69. The van der Waals surface area contributed by atoms with Crippen LogP contribution in [0.1, 0.15) is 53.7 Å². The van der Waals surface area contributed by atoms with Gasteiger partial charge in [-0.15, -0.1) is 0 Å². The summed E-state index contributed by atoms with van der Waals surface area (Å²) >= 11 is 0. The summed E-state index contributed by atoms with van der Waals surface area (Å²) in [6.07, 6.45) is 2.35. The number of rotatable bonds is 4. The van der Waals surface area contributed by atoms with Gasteiger partial charge in [-0.2, -0.15) is 0 Å². The molecule has 6 nitrogen and oxygen atoms in total. The molecule has 1 N–H and O–H groups in total. The normalized spacial score (nSPS) is 16.0. The predicted octanol–water partition coefficient (Wildman–Crippen LogP) is 3.20. The smallest absolute Gasteiger partial charge is 0.410 e. The van der Waals surface area contributed by atoms with E-state index in [0.717, 1.165) is 17.9 Å². The van der Waals surface area contributed by atoms with E-state index >= 15 is 0 Å². The van der Waals surface area contributed by atoms with E-state index in [1.807, 2.05) is 26.8 Å². The van der Waals surface area contributed by atoms with E-state index in [1.165, 1.54) is 0 Å². The highest BCUT2D eigenvalue weighted by atomic mass is 16.6. The first-order valence-electron chi connectivity index (χ1n) is 8.18. The van der Waals surface area contributed by atoms with Crippen LogP contribution in [0, 0.1) is 0 Å². The summed E-state index contributed by atoms with van der Waals surface area (Å²) < 4.78 is 5.35. The molecule has 1 amide bonds. The van der Waals surface area contributed by atoms with Gasteiger partial charge in [0, 0.05) is 24.6 Å². The molecule has 0 aliphatic carbocycles. The third-order valence-electron chi connectivity index (χ3n) is 4.13. The summed E-state index contributed by atoms with van der Waals surface area (Å²) in [6.45, 7) is 13.4. The Hall–Kier alpha value is -1.85. The number of nitrogens with zero attached hydrogens (tertiary/aromatic N) is 3. The Kier molecular flexibility index (Phi) is 4.82. The number of carbonyl (C=O) groups excluding carboxylic acids is 1. The Balaban J connectivity index is 1.89. The van der Waals surface area contributed by atoms with Crippen molar-refractivity contribution in [3.05, 3.63) is 18.1 Å². The Morgan fingerprint density at radius 2 is 1.96 bits per heavy atom. The van der Waals surface area contributed by atoms with Gasteiger partial charge >= 0.3 is 6.09 Å². The fourth-order valence-corrected chi connectivity index (χ4v) is 2.24. The van der Waals surface area contributed by atoms with Crippen molar-refractivity contribution in [2.24, 2.45) is 0 Å². The first kappa shape index (κ1) is 17.5. The van der Waals surface area contributed by atoms with Gasteiger partial charge in [-0.25, -0.2) is 14.8 Å². The largest absolute Gasteiger partial charge is 0.444 e. The van der Waals surface area contributed by atoms with Crippen LogP contribution in [-0.2, 0) is 10.2 Å². The number of carbonyl (C=O) groups is 1. The average molecular weight is 320 g/mol. The van der Waals surface area contributed by atoms with Gasteiger partial charge in [0.25, 0.3) is 0 Å². The Bertz CT molecular complexity index is 560. The van der Waals surface area contributed by atoms with Crippen molar-refractivity contribution in [2.45, 2.75) is 65.0 Å². The topological polar surface area (TPSA) is 67.4 Å². The van der Waals surface area contributed by atoms with Gasteiger partial charge in [-0.3, -0.25) is 0 Å². The molecule has 0 saturated carbocycles. The number of nitrogens with one attached hydrogen (secondary N) is 1. The minimum absolute atomic E-state index is 0.0293. The van der Waals surface area contributed by atoms with Crippen LogP contribution in [0.5, 0.6) is 0 Å². The third-order valence-corrected chi connectivity index (χ3v) is 4.13. The molecule has 1 fully saturated rings. The molecule has 1 aliphatic rings. The first-order chi connectivity index (χ1) is 10.6. The molecule has 0 atom stereocenters. The van der Waals surface area contributed by atoms with Gasteiger partial charge in [-0.05, 0) is 27.2 Å². The number of hydrogen-bond donors (Lipinski definition) is 1. The third kappa shape index (κ3) is 4.56. The zero-order valence-corrected chi connectivity index (χ0v) is 15.0. The van der Waals surface area contributed by atoms with Crippen molar-refractivity contribution in [1.82, 2.24) is 14.9 Å². The quantitative estimate of drug-likeness (QED) is 0.923. The van der Waals surface area contributed by atoms with Crippen LogP contribution in [0.15, 0.2) is 12.4 Å². The van der Waals surface area contributed by atoms with Crippen molar-refractivity contribution < 1.29 is 9.53 Å². The minimum atomic E-state index is -0.455. The van der Waals surface area contributed by atoms with Gasteiger partial charge in [0.15, 0.2) is 0 Å². The summed E-state index contributed by atoms with van der Waals surface area (Å²) in [7, 11) is 0. The SMILES string of the molecule is CCC(C)(C)c1cc(NC2CN(C(=O)OC(C)(C)C)C2)ncn1. The maximum absolute atomic E-state index is 11.9. The lowest BCUT2D eigenvalue weighted by atomic mass is 9.86. The fourth-order valence-electron chi connectivity index (χ4n) is 2.24. The second-order valence-electron chi connectivity index (χ2n) is 7.75. The molecule has 1 aromatic rings. The molecule has 0 radical (unpaired) electrons. The fraction of sp³-hybridized carbons (Fsp3) is 0.706. The molecule has 1 saturated heterocycles. The van der Waals surface area contributed by atoms with Crippen LogP contribution in [0.2, 0.25) is 0 Å². The second-order valence-corrected chi connectivity index (χ2v) is 7.75. The highest BCUT2D eigenvalue weighted by Crippen LogP contribution is 2.26. The maximum Gasteiger partial charge on any atom is 0.410 e. The van der Waals surface area contributed by atoms with Gasteiger partial charge in [0.1, 0.15) is 17.7 Å². The van der Waals surface area contributed by atoms with Crippen LogP contribution >= 0.6 is 0 Å². The second kappa shape index (κ2) is 6.34. The average Bonchev–Trinajstić information content (AvgIpc) is 2.40. The number of likely N-dealkylation sites (tertiary alicyclic amines) is 1. The van der Waals surface area contributed by atoms with E-state index in [-0.39, 0.29) is 17.6 Å². The number of anilines is 1. The Labute approximate surface area is 138 Å². The molecule has 23 heavy (non-hydrogen) atoms. The van der Waals surface area contributed by atoms with E-state index in [9.17, 15) is 4.79 Å². The Morgan fingerprint density at radius 3 is 2.52 bits per heavy atom. The van der Waals surface area contributed by atoms with Gasteiger partial charge < -0.3 is 15.0 Å². The van der Waals surface area contributed by atoms with Crippen molar-refractivity contribution in [3.8, 4) is 0 Å². The molecule has 0 spiro atoms. The van der Waals surface area contributed by atoms with E-state index in [4.69, 9.17) is 4.74 Å². The summed E-state index contributed by atoms with van der Waals surface area (Å²) in [4.78, 5) is 22.3. The number of aromatic nitrogens is 2. The molecule has 2 rings (SSSR count). The lowest BCUT2D eigenvalue weighted by Gasteiger charge is -2.40. The monoisotopic (exact) mass is 320 g/mol. The Morgan fingerprint density at radius 1 is 1.30 bits per heavy atom. The molecule has 0 unspecified atom stereocenters.